The normalized spacial score (nSPS) is 9.85. The maximum atomic E-state index is 12.2. The summed E-state index contributed by atoms with van der Waals surface area (Å²) >= 11 is 0. The SMILES string of the molecule is Cc1ccc(C)c(NC(=O)c2ccnc(CC#N)c2)c1. The molecule has 0 fully saturated rings. The van der Waals surface area contributed by atoms with Crippen LogP contribution in [0, 0.1) is 25.2 Å². The molecular formula is C16H15N3O. The zero-order valence-corrected chi connectivity index (χ0v) is 11.5. The Kier molecular flexibility index (Phi) is 4.11. The van der Waals surface area contributed by atoms with E-state index in [2.05, 4.69) is 10.3 Å². The summed E-state index contributed by atoms with van der Waals surface area (Å²) < 4.78 is 0. The second-order valence-electron chi connectivity index (χ2n) is 4.64. The molecule has 1 amide bonds. The van der Waals surface area contributed by atoms with Gasteiger partial charge in [0.2, 0.25) is 0 Å². The minimum absolute atomic E-state index is 0.194. The first-order chi connectivity index (χ1) is 9.60. The summed E-state index contributed by atoms with van der Waals surface area (Å²) in [4.78, 5) is 16.3. The molecule has 0 spiro atoms. The van der Waals surface area contributed by atoms with Crippen molar-refractivity contribution >= 4 is 11.6 Å². The Labute approximate surface area is 118 Å². The molecule has 1 N–H and O–H groups in total. The van der Waals surface area contributed by atoms with Gasteiger partial charge in [-0.3, -0.25) is 9.78 Å². The number of hydrogen-bond acceptors (Lipinski definition) is 3. The van der Waals surface area contributed by atoms with Crippen molar-refractivity contribution in [2.75, 3.05) is 5.32 Å². The molecule has 1 heterocycles. The number of nitriles is 1. The fourth-order valence-electron chi connectivity index (χ4n) is 1.86. The van der Waals surface area contributed by atoms with Crippen LogP contribution in [0.3, 0.4) is 0 Å². The number of aromatic nitrogens is 1. The highest BCUT2D eigenvalue weighted by atomic mass is 16.1. The summed E-state index contributed by atoms with van der Waals surface area (Å²) in [6.45, 7) is 3.93. The van der Waals surface area contributed by atoms with Crippen LogP contribution in [-0.4, -0.2) is 10.9 Å². The lowest BCUT2D eigenvalue weighted by Crippen LogP contribution is -2.13. The lowest BCUT2D eigenvalue weighted by molar-refractivity contribution is 0.102. The van der Waals surface area contributed by atoms with Gasteiger partial charge in [-0.1, -0.05) is 12.1 Å². The van der Waals surface area contributed by atoms with Crippen molar-refractivity contribution < 1.29 is 4.79 Å². The first-order valence-corrected chi connectivity index (χ1v) is 6.30. The standard InChI is InChI=1S/C16H15N3O/c1-11-3-4-12(2)15(9-11)19-16(20)13-6-8-18-14(10-13)5-7-17/h3-4,6,8-10H,5H2,1-2H3,(H,19,20). The van der Waals surface area contributed by atoms with E-state index in [-0.39, 0.29) is 12.3 Å². The Morgan fingerprint density at radius 2 is 2.10 bits per heavy atom. The zero-order chi connectivity index (χ0) is 14.5. The van der Waals surface area contributed by atoms with Crippen molar-refractivity contribution in [1.29, 1.82) is 5.26 Å². The number of nitrogens with zero attached hydrogens (tertiary/aromatic N) is 2. The maximum absolute atomic E-state index is 12.2. The lowest BCUT2D eigenvalue weighted by atomic mass is 10.1. The number of pyridine rings is 1. The van der Waals surface area contributed by atoms with Gasteiger partial charge < -0.3 is 5.32 Å². The molecular weight excluding hydrogens is 250 g/mol. The van der Waals surface area contributed by atoms with Gasteiger partial charge in [0.05, 0.1) is 18.2 Å². The molecule has 0 unspecified atom stereocenters. The van der Waals surface area contributed by atoms with Gasteiger partial charge in [0.15, 0.2) is 0 Å². The van der Waals surface area contributed by atoms with E-state index in [9.17, 15) is 4.79 Å². The average Bonchev–Trinajstić information content (AvgIpc) is 2.43. The van der Waals surface area contributed by atoms with Crippen LogP contribution in [0.4, 0.5) is 5.69 Å². The predicted octanol–water partition coefficient (Wildman–Crippen LogP) is 3.02. The van der Waals surface area contributed by atoms with Crippen molar-refractivity contribution in [1.82, 2.24) is 4.98 Å². The molecule has 0 aliphatic carbocycles. The van der Waals surface area contributed by atoms with E-state index in [4.69, 9.17) is 5.26 Å². The van der Waals surface area contributed by atoms with Crippen molar-refractivity contribution in [2.24, 2.45) is 0 Å². The minimum Gasteiger partial charge on any atom is -0.322 e. The molecule has 1 aromatic carbocycles. The maximum Gasteiger partial charge on any atom is 0.255 e. The molecule has 0 aliphatic heterocycles. The summed E-state index contributed by atoms with van der Waals surface area (Å²) in [5.74, 6) is -0.194. The second kappa shape index (κ2) is 5.98. The Morgan fingerprint density at radius 1 is 1.30 bits per heavy atom. The zero-order valence-electron chi connectivity index (χ0n) is 11.5. The largest absolute Gasteiger partial charge is 0.322 e. The third kappa shape index (κ3) is 3.21. The van der Waals surface area contributed by atoms with Gasteiger partial charge >= 0.3 is 0 Å². The van der Waals surface area contributed by atoms with E-state index in [1.807, 2.05) is 38.1 Å². The molecule has 20 heavy (non-hydrogen) atoms. The van der Waals surface area contributed by atoms with E-state index < -0.39 is 0 Å². The van der Waals surface area contributed by atoms with E-state index in [1.54, 1.807) is 18.3 Å². The molecule has 2 rings (SSSR count). The highest BCUT2D eigenvalue weighted by molar-refractivity contribution is 6.04. The fraction of sp³-hybridized carbons (Fsp3) is 0.188. The lowest BCUT2D eigenvalue weighted by Gasteiger charge is -2.09. The Balaban J connectivity index is 2.22. The molecule has 4 heteroatoms. The molecule has 100 valence electrons. The number of anilines is 1. The third-order valence-corrected chi connectivity index (χ3v) is 2.98. The van der Waals surface area contributed by atoms with E-state index in [0.717, 1.165) is 16.8 Å². The monoisotopic (exact) mass is 265 g/mol. The van der Waals surface area contributed by atoms with Crippen LogP contribution in [0.1, 0.15) is 27.2 Å². The highest BCUT2D eigenvalue weighted by Gasteiger charge is 2.09. The van der Waals surface area contributed by atoms with Gasteiger partial charge in [-0.05, 0) is 43.2 Å². The van der Waals surface area contributed by atoms with Crippen molar-refractivity contribution in [3.05, 3.63) is 58.9 Å². The molecule has 0 aliphatic rings. The third-order valence-electron chi connectivity index (χ3n) is 2.98. The molecule has 0 saturated heterocycles. The molecule has 4 nitrogen and oxygen atoms in total. The van der Waals surface area contributed by atoms with Crippen LogP contribution in [0.15, 0.2) is 36.5 Å². The summed E-state index contributed by atoms with van der Waals surface area (Å²) in [5, 5.41) is 11.5. The first-order valence-electron chi connectivity index (χ1n) is 6.30. The van der Waals surface area contributed by atoms with Crippen molar-refractivity contribution in [2.45, 2.75) is 20.3 Å². The minimum atomic E-state index is -0.194. The number of rotatable bonds is 3. The Hall–Kier alpha value is -2.67. The van der Waals surface area contributed by atoms with Crippen LogP contribution in [0.5, 0.6) is 0 Å². The summed E-state index contributed by atoms with van der Waals surface area (Å²) in [5.41, 5.74) is 4.00. The topological polar surface area (TPSA) is 65.8 Å². The van der Waals surface area contributed by atoms with Gasteiger partial charge in [0.1, 0.15) is 0 Å². The van der Waals surface area contributed by atoms with Crippen molar-refractivity contribution in [3.63, 3.8) is 0 Å². The number of nitrogens with one attached hydrogen (secondary N) is 1. The number of amides is 1. The van der Waals surface area contributed by atoms with Gasteiger partial charge in [0.25, 0.3) is 5.91 Å². The Morgan fingerprint density at radius 3 is 2.85 bits per heavy atom. The number of aryl methyl sites for hydroxylation is 2. The molecule has 1 aromatic heterocycles. The van der Waals surface area contributed by atoms with E-state index in [1.165, 1.54) is 0 Å². The van der Waals surface area contributed by atoms with Gasteiger partial charge in [0, 0.05) is 17.4 Å². The van der Waals surface area contributed by atoms with Crippen LogP contribution in [0.2, 0.25) is 0 Å². The summed E-state index contributed by atoms with van der Waals surface area (Å²) in [7, 11) is 0. The molecule has 0 bridgehead atoms. The molecule has 0 radical (unpaired) electrons. The Bertz CT molecular complexity index is 686. The molecule has 0 atom stereocenters. The van der Waals surface area contributed by atoms with Gasteiger partial charge in [-0.15, -0.1) is 0 Å². The second-order valence-corrected chi connectivity index (χ2v) is 4.64. The smallest absolute Gasteiger partial charge is 0.255 e. The quantitative estimate of drug-likeness (QED) is 0.927. The highest BCUT2D eigenvalue weighted by Crippen LogP contribution is 2.17. The van der Waals surface area contributed by atoms with Crippen LogP contribution in [0.25, 0.3) is 0 Å². The van der Waals surface area contributed by atoms with Gasteiger partial charge in [-0.2, -0.15) is 5.26 Å². The first kappa shape index (κ1) is 13.8. The average molecular weight is 265 g/mol. The summed E-state index contributed by atoms with van der Waals surface area (Å²) in [6.07, 6.45) is 1.75. The number of benzene rings is 1. The summed E-state index contributed by atoms with van der Waals surface area (Å²) in [6, 6.07) is 11.2. The van der Waals surface area contributed by atoms with E-state index in [0.29, 0.717) is 11.3 Å². The van der Waals surface area contributed by atoms with Gasteiger partial charge in [-0.25, -0.2) is 0 Å². The molecule has 0 saturated carbocycles. The van der Waals surface area contributed by atoms with Crippen LogP contribution in [-0.2, 0) is 6.42 Å². The molecule has 2 aromatic rings. The number of carbonyl (C=O) groups excluding carboxylic acids is 1. The number of hydrogen-bond donors (Lipinski definition) is 1. The van der Waals surface area contributed by atoms with E-state index >= 15 is 0 Å². The fourth-order valence-corrected chi connectivity index (χ4v) is 1.86. The van der Waals surface area contributed by atoms with Crippen LogP contribution >= 0.6 is 0 Å². The van der Waals surface area contributed by atoms with Crippen molar-refractivity contribution in [3.8, 4) is 6.07 Å². The predicted molar refractivity (Wildman–Crippen MR) is 77.4 cm³/mol. The van der Waals surface area contributed by atoms with Crippen LogP contribution < -0.4 is 5.32 Å². The number of carbonyl (C=O) groups is 1.